The number of ether oxygens (including phenoxy) is 1. The predicted octanol–water partition coefficient (Wildman–Crippen LogP) is 2.92. The smallest absolute Gasteiger partial charge is 0.282 e. The largest absolute Gasteiger partial charge is 0.463 e. The van der Waals surface area contributed by atoms with E-state index in [1.54, 1.807) is 0 Å². The van der Waals surface area contributed by atoms with Crippen LogP contribution in [0.1, 0.15) is 24.0 Å². The van der Waals surface area contributed by atoms with Gasteiger partial charge >= 0.3 is 0 Å². The first kappa shape index (κ1) is 12.7. The maximum absolute atomic E-state index is 5.73. The highest BCUT2D eigenvalue weighted by Gasteiger charge is 2.41. The maximum Gasteiger partial charge on any atom is 0.282 e. The van der Waals surface area contributed by atoms with Gasteiger partial charge in [0.15, 0.2) is 0 Å². The molecule has 1 unspecified atom stereocenters. The standard InChI is InChI=1S/C17H18N2O/c1-17(12-20-16(18)19-17)15(13-8-4-2-5-9-13)14-10-6-3-7-11-14/h2-11,15H,12H2,1H3,(H2,18,19). The van der Waals surface area contributed by atoms with Crippen LogP contribution < -0.4 is 5.73 Å². The van der Waals surface area contributed by atoms with E-state index in [2.05, 4.69) is 60.4 Å². The summed E-state index contributed by atoms with van der Waals surface area (Å²) in [5.74, 6) is 0.131. The van der Waals surface area contributed by atoms with E-state index in [0.29, 0.717) is 6.61 Å². The van der Waals surface area contributed by atoms with Gasteiger partial charge in [0.05, 0.1) is 0 Å². The van der Waals surface area contributed by atoms with Gasteiger partial charge in [-0.1, -0.05) is 60.7 Å². The van der Waals surface area contributed by atoms with E-state index in [4.69, 9.17) is 10.5 Å². The van der Waals surface area contributed by atoms with Crippen LogP contribution in [-0.2, 0) is 4.74 Å². The second-order valence-corrected chi connectivity index (χ2v) is 5.35. The fraction of sp³-hybridized carbons (Fsp3) is 0.235. The van der Waals surface area contributed by atoms with Crippen molar-refractivity contribution in [3.05, 3.63) is 71.8 Å². The monoisotopic (exact) mass is 266 g/mol. The molecule has 0 aromatic heterocycles. The minimum Gasteiger partial charge on any atom is -0.463 e. The first-order valence-electron chi connectivity index (χ1n) is 6.77. The Morgan fingerprint density at radius 1 is 1.00 bits per heavy atom. The molecule has 2 aromatic rings. The van der Waals surface area contributed by atoms with Crippen molar-refractivity contribution < 1.29 is 4.74 Å². The van der Waals surface area contributed by atoms with Crippen molar-refractivity contribution >= 4 is 6.02 Å². The van der Waals surface area contributed by atoms with Crippen LogP contribution in [0, 0.1) is 0 Å². The summed E-state index contributed by atoms with van der Waals surface area (Å²) >= 11 is 0. The van der Waals surface area contributed by atoms with E-state index in [9.17, 15) is 0 Å². The van der Waals surface area contributed by atoms with Gasteiger partial charge in [0, 0.05) is 5.92 Å². The first-order chi connectivity index (χ1) is 9.69. The number of benzene rings is 2. The lowest BCUT2D eigenvalue weighted by Crippen LogP contribution is -2.33. The number of hydrogen-bond donors (Lipinski definition) is 1. The Morgan fingerprint density at radius 2 is 1.50 bits per heavy atom. The highest BCUT2D eigenvalue weighted by Crippen LogP contribution is 2.39. The van der Waals surface area contributed by atoms with Gasteiger partial charge in [0.25, 0.3) is 6.02 Å². The quantitative estimate of drug-likeness (QED) is 0.928. The SMILES string of the molecule is CC1(C(c2ccccc2)c2ccccc2)COC(N)=N1. The normalized spacial score (nSPS) is 21.6. The fourth-order valence-electron chi connectivity index (χ4n) is 2.89. The molecule has 0 saturated carbocycles. The van der Waals surface area contributed by atoms with Crippen LogP contribution in [0.3, 0.4) is 0 Å². The van der Waals surface area contributed by atoms with Crippen LogP contribution in [0.5, 0.6) is 0 Å². The predicted molar refractivity (Wildman–Crippen MR) is 80.7 cm³/mol. The lowest BCUT2D eigenvalue weighted by atomic mass is 9.77. The molecule has 20 heavy (non-hydrogen) atoms. The van der Waals surface area contributed by atoms with Crippen molar-refractivity contribution in [2.45, 2.75) is 18.4 Å². The number of rotatable bonds is 3. The molecule has 0 fully saturated rings. The van der Waals surface area contributed by atoms with Gasteiger partial charge in [-0.05, 0) is 18.1 Å². The minimum atomic E-state index is -0.368. The molecule has 0 radical (unpaired) electrons. The summed E-state index contributed by atoms with van der Waals surface area (Å²) in [6.45, 7) is 2.60. The molecule has 0 bridgehead atoms. The van der Waals surface area contributed by atoms with Gasteiger partial charge < -0.3 is 10.5 Å². The molecule has 1 heterocycles. The zero-order chi connectivity index (χ0) is 14.0. The molecule has 0 saturated heterocycles. The Balaban J connectivity index is 2.10. The number of nitrogens with two attached hydrogens (primary N) is 1. The molecule has 2 N–H and O–H groups in total. The third-order valence-electron chi connectivity index (χ3n) is 3.77. The number of amidine groups is 1. The van der Waals surface area contributed by atoms with Gasteiger partial charge in [-0.25, -0.2) is 4.99 Å². The van der Waals surface area contributed by atoms with Crippen molar-refractivity contribution in [2.24, 2.45) is 10.7 Å². The van der Waals surface area contributed by atoms with E-state index in [-0.39, 0.29) is 17.5 Å². The Labute approximate surface area is 119 Å². The second-order valence-electron chi connectivity index (χ2n) is 5.35. The van der Waals surface area contributed by atoms with E-state index in [0.717, 1.165) is 0 Å². The summed E-state index contributed by atoms with van der Waals surface area (Å²) in [4.78, 5) is 4.55. The Bertz CT molecular complexity index is 570. The van der Waals surface area contributed by atoms with Crippen LogP contribution in [0.4, 0.5) is 0 Å². The highest BCUT2D eigenvalue weighted by molar-refractivity contribution is 5.74. The summed E-state index contributed by atoms with van der Waals surface area (Å²) in [5, 5.41) is 0. The topological polar surface area (TPSA) is 47.6 Å². The molecule has 3 nitrogen and oxygen atoms in total. The van der Waals surface area contributed by atoms with Gasteiger partial charge in [0.1, 0.15) is 12.1 Å². The third-order valence-corrected chi connectivity index (χ3v) is 3.77. The molecule has 1 aliphatic heterocycles. The zero-order valence-corrected chi connectivity index (χ0v) is 11.5. The van der Waals surface area contributed by atoms with Crippen LogP contribution in [-0.4, -0.2) is 18.2 Å². The Kier molecular flexibility index (Phi) is 3.18. The van der Waals surface area contributed by atoms with E-state index in [1.165, 1.54) is 11.1 Å². The molecule has 0 amide bonds. The highest BCUT2D eigenvalue weighted by atomic mass is 16.5. The summed E-state index contributed by atoms with van der Waals surface area (Å²) in [7, 11) is 0. The average Bonchev–Trinajstić information content (AvgIpc) is 2.81. The summed E-state index contributed by atoms with van der Waals surface area (Å²) in [5.41, 5.74) is 7.81. The summed E-state index contributed by atoms with van der Waals surface area (Å²) < 4.78 is 5.42. The summed E-state index contributed by atoms with van der Waals surface area (Å²) in [6.07, 6.45) is 0. The van der Waals surface area contributed by atoms with Gasteiger partial charge in [0.2, 0.25) is 0 Å². The van der Waals surface area contributed by atoms with E-state index in [1.807, 2.05) is 12.1 Å². The van der Waals surface area contributed by atoms with Crippen molar-refractivity contribution in [1.82, 2.24) is 0 Å². The molecule has 2 aromatic carbocycles. The van der Waals surface area contributed by atoms with Crippen LogP contribution in [0.15, 0.2) is 65.7 Å². The Morgan fingerprint density at radius 3 is 1.90 bits per heavy atom. The van der Waals surface area contributed by atoms with Crippen LogP contribution in [0.25, 0.3) is 0 Å². The number of aliphatic imine (C=N–C) groups is 1. The van der Waals surface area contributed by atoms with Crippen LogP contribution >= 0.6 is 0 Å². The van der Waals surface area contributed by atoms with E-state index >= 15 is 0 Å². The maximum atomic E-state index is 5.73. The molecule has 1 atom stereocenters. The van der Waals surface area contributed by atoms with Gasteiger partial charge in [-0.15, -0.1) is 0 Å². The first-order valence-corrected chi connectivity index (χ1v) is 6.77. The van der Waals surface area contributed by atoms with E-state index < -0.39 is 0 Å². The number of nitrogens with zero attached hydrogens (tertiary/aromatic N) is 1. The molecule has 0 spiro atoms. The van der Waals surface area contributed by atoms with Crippen LogP contribution in [0.2, 0.25) is 0 Å². The molecule has 0 aliphatic carbocycles. The molecule has 3 rings (SSSR count). The lowest BCUT2D eigenvalue weighted by molar-refractivity contribution is 0.249. The summed E-state index contributed by atoms with van der Waals surface area (Å²) in [6, 6.07) is 21.1. The minimum absolute atomic E-state index is 0.131. The van der Waals surface area contributed by atoms with Crippen molar-refractivity contribution in [3.8, 4) is 0 Å². The molecule has 102 valence electrons. The number of hydrogen-bond acceptors (Lipinski definition) is 3. The molecule has 1 aliphatic rings. The lowest BCUT2D eigenvalue weighted by Gasteiger charge is -2.30. The molecule has 3 heteroatoms. The molecular formula is C17H18N2O. The third kappa shape index (κ3) is 2.27. The van der Waals surface area contributed by atoms with Crippen molar-refractivity contribution in [1.29, 1.82) is 0 Å². The van der Waals surface area contributed by atoms with Crippen molar-refractivity contribution in [3.63, 3.8) is 0 Å². The van der Waals surface area contributed by atoms with Crippen molar-refractivity contribution in [2.75, 3.05) is 6.61 Å². The average molecular weight is 266 g/mol. The zero-order valence-electron chi connectivity index (χ0n) is 11.5. The van der Waals surface area contributed by atoms with Gasteiger partial charge in [-0.3, -0.25) is 0 Å². The fourth-order valence-corrected chi connectivity index (χ4v) is 2.89. The molecular weight excluding hydrogens is 248 g/mol. The van der Waals surface area contributed by atoms with Gasteiger partial charge in [-0.2, -0.15) is 0 Å². The Hall–Kier alpha value is -2.29. The second kappa shape index (κ2) is 5.00.